The van der Waals surface area contributed by atoms with Crippen LogP contribution in [0, 0.1) is 0 Å². The topological polar surface area (TPSA) is 108 Å². The van der Waals surface area contributed by atoms with E-state index in [0.717, 1.165) is 9.87 Å². The molecule has 1 amide bonds. The highest BCUT2D eigenvalue weighted by atomic mass is 32.2. The van der Waals surface area contributed by atoms with Gasteiger partial charge in [-0.05, 0) is 66.4 Å². The van der Waals surface area contributed by atoms with E-state index in [2.05, 4.69) is 10.5 Å². The lowest BCUT2D eigenvalue weighted by atomic mass is 10.0. The van der Waals surface area contributed by atoms with Gasteiger partial charge in [-0.15, -0.1) is 0 Å². The van der Waals surface area contributed by atoms with Gasteiger partial charge in [-0.1, -0.05) is 44.2 Å². The lowest BCUT2D eigenvalue weighted by Gasteiger charge is -2.24. The summed E-state index contributed by atoms with van der Waals surface area (Å²) in [7, 11) is -4.00. The van der Waals surface area contributed by atoms with Gasteiger partial charge in [0.1, 0.15) is 6.54 Å². The molecule has 35 heavy (non-hydrogen) atoms. The van der Waals surface area contributed by atoms with Gasteiger partial charge in [0.2, 0.25) is 0 Å². The number of phenolic OH excluding ortho intramolecular Hbond substituents is 1. The molecule has 0 aliphatic rings. The van der Waals surface area contributed by atoms with E-state index in [1.54, 1.807) is 49.4 Å². The van der Waals surface area contributed by atoms with Gasteiger partial charge in [-0.2, -0.15) is 5.10 Å². The van der Waals surface area contributed by atoms with Crippen LogP contribution in [0.15, 0.2) is 82.8 Å². The minimum atomic E-state index is -4.00. The van der Waals surface area contributed by atoms with Crippen molar-refractivity contribution >= 4 is 27.8 Å². The smallest absolute Gasteiger partial charge is 0.264 e. The molecule has 0 radical (unpaired) electrons. The Morgan fingerprint density at radius 1 is 1.09 bits per heavy atom. The Labute approximate surface area is 205 Å². The summed E-state index contributed by atoms with van der Waals surface area (Å²) in [6.07, 6.45) is 1.38. The fourth-order valence-electron chi connectivity index (χ4n) is 3.29. The number of hydrogen-bond donors (Lipinski definition) is 2. The SMILES string of the molecule is CCOc1cc(/C=N\NC(=O)CN(c2ccc(C(C)C)cc2)S(=O)(=O)c2ccccc2)ccc1O. The van der Waals surface area contributed by atoms with Crippen LogP contribution >= 0.6 is 0 Å². The van der Waals surface area contributed by atoms with E-state index in [0.29, 0.717) is 23.6 Å². The van der Waals surface area contributed by atoms with Crippen LogP contribution in [0.25, 0.3) is 0 Å². The first-order valence-corrected chi connectivity index (χ1v) is 12.6. The van der Waals surface area contributed by atoms with Crippen LogP contribution in [0.5, 0.6) is 11.5 Å². The molecule has 184 valence electrons. The Morgan fingerprint density at radius 3 is 2.40 bits per heavy atom. The zero-order chi connectivity index (χ0) is 25.4. The molecule has 9 heteroatoms. The number of phenols is 1. The molecule has 2 N–H and O–H groups in total. The Balaban J connectivity index is 1.81. The summed E-state index contributed by atoms with van der Waals surface area (Å²) in [5, 5.41) is 13.7. The molecule has 0 fully saturated rings. The quantitative estimate of drug-likeness (QED) is 0.323. The third-order valence-electron chi connectivity index (χ3n) is 5.15. The van der Waals surface area contributed by atoms with Crippen LogP contribution < -0.4 is 14.5 Å². The molecule has 0 spiro atoms. The first kappa shape index (κ1) is 25.8. The molecule has 0 aliphatic carbocycles. The van der Waals surface area contributed by atoms with E-state index in [1.807, 2.05) is 26.0 Å². The first-order valence-electron chi connectivity index (χ1n) is 11.2. The van der Waals surface area contributed by atoms with E-state index < -0.39 is 22.5 Å². The van der Waals surface area contributed by atoms with Crippen molar-refractivity contribution in [3.05, 3.63) is 83.9 Å². The summed E-state index contributed by atoms with van der Waals surface area (Å²) in [5.41, 5.74) is 4.39. The monoisotopic (exact) mass is 495 g/mol. The molecule has 0 saturated carbocycles. The summed E-state index contributed by atoms with van der Waals surface area (Å²) in [6, 6.07) is 19.7. The number of ether oxygens (including phenoxy) is 1. The minimum Gasteiger partial charge on any atom is -0.504 e. The van der Waals surface area contributed by atoms with Gasteiger partial charge in [-0.3, -0.25) is 9.10 Å². The van der Waals surface area contributed by atoms with Gasteiger partial charge < -0.3 is 9.84 Å². The lowest BCUT2D eigenvalue weighted by Crippen LogP contribution is -2.39. The number of amides is 1. The molecule has 3 aromatic carbocycles. The second-order valence-electron chi connectivity index (χ2n) is 8.02. The second-order valence-corrected chi connectivity index (χ2v) is 9.89. The molecule has 8 nitrogen and oxygen atoms in total. The largest absolute Gasteiger partial charge is 0.504 e. The lowest BCUT2D eigenvalue weighted by molar-refractivity contribution is -0.119. The zero-order valence-corrected chi connectivity index (χ0v) is 20.7. The molecule has 0 aromatic heterocycles. The molecular weight excluding hydrogens is 466 g/mol. The Kier molecular flexibility index (Phi) is 8.48. The normalized spacial score (nSPS) is 11.5. The number of nitrogens with one attached hydrogen (secondary N) is 1. The molecule has 3 aromatic rings. The fraction of sp³-hybridized carbons (Fsp3) is 0.231. The van der Waals surface area contributed by atoms with Crippen LogP contribution in [-0.4, -0.2) is 38.8 Å². The van der Waals surface area contributed by atoms with Crippen LogP contribution in [0.2, 0.25) is 0 Å². The summed E-state index contributed by atoms with van der Waals surface area (Å²) in [6.45, 7) is 5.81. The van der Waals surface area contributed by atoms with E-state index in [-0.39, 0.29) is 16.6 Å². The zero-order valence-electron chi connectivity index (χ0n) is 19.9. The van der Waals surface area contributed by atoms with Gasteiger partial charge in [0.25, 0.3) is 15.9 Å². The standard InChI is InChI=1S/C26H29N3O5S/c1-4-34-25-16-20(10-15-24(25)30)17-27-28-26(31)18-29(22-13-11-21(12-14-22)19(2)3)35(32,33)23-8-6-5-7-9-23/h5-17,19,30H,4,18H2,1-3H3,(H,28,31)/b27-17-. The van der Waals surface area contributed by atoms with Crippen molar-refractivity contribution in [1.82, 2.24) is 5.43 Å². The van der Waals surface area contributed by atoms with Crippen molar-refractivity contribution in [3.8, 4) is 11.5 Å². The number of aromatic hydroxyl groups is 1. The van der Waals surface area contributed by atoms with Gasteiger partial charge in [0, 0.05) is 0 Å². The number of anilines is 1. The fourth-order valence-corrected chi connectivity index (χ4v) is 4.73. The van der Waals surface area contributed by atoms with Gasteiger partial charge in [0.05, 0.1) is 23.4 Å². The molecular formula is C26H29N3O5S. The number of benzene rings is 3. The van der Waals surface area contributed by atoms with Crippen molar-refractivity contribution in [2.75, 3.05) is 17.5 Å². The van der Waals surface area contributed by atoms with Crippen LogP contribution in [0.1, 0.15) is 37.8 Å². The highest BCUT2D eigenvalue weighted by molar-refractivity contribution is 7.92. The van der Waals surface area contributed by atoms with E-state index in [9.17, 15) is 18.3 Å². The minimum absolute atomic E-state index is 0.00159. The average Bonchev–Trinajstić information content (AvgIpc) is 2.85. The third kappa shape index (κ3) is 6.60. The molecule has 3 rings (SSSR count). The van der Waals surface area contributed by atoms with Gasteiger partial charge >= 0.3 is 0 Å². The van der Waals surface area contributed by atoms with E-state index >= 15 is 0 Å². The first-order chi connectivity index (χ1) is 16.7. The Bertz CT molecular complexity index is 1270. The maximum atomic E-state index is 13.4. The average molecular weight is 496 g/mol. The summed E-state index contributed by atoms with van der Waals surface area (Å²) >= 11 is 0. The Morgan fingerprint density at radius 2 is 1.77 bits per heavy atom. The molecule has 0 heterocycles. The van der Waals surface area contributed by atoms with E-state index in [1.165, 1.54) is 24.4 Å². The maximum Gasteiger partial charge on any atom is 0.264 e. The predicted octanol–water partition coefficient (Wildman–Crippen LogP) is 4.26. The molecule has 0 unspecified atom stereocenters. The summed E-state index contributed by atoms with van der Waals surface area (Å²) in [4.78, 5) is 12.8. The summed E-state index contributed by atoms with van der Waals surface area (Å²) in [5.74, 6) is -0.0347. The summed E-state index contributed by atoms with van der Waals surface area (Å²) < 4.78 is 33.2. The van der Waals surface area contributed by atoms with Crippen molar-refractivity contribution in [2.45, 2.75) is 31.6 Å². The van der Waals surface area contributed by atoms with Crippen LogP contribution in [0.3, 0.4) is 0 Å². The van der Waals surface area contributed by atoms with Crippen LogP contribution in [0.4, 0.5) is 5.69 Å². The second kappa shape index (κ2) is 11.5. The number of hydrazone groups is 1. The number of hydrogen-bond acceptors (Lipinski definition) is 6. The molecule has 0 aliphatic heterocycles. The van der Waals surface area contributed by atoms with Crippen molar-refractivity contribution in [1.29, 1.82) is 0 Å². The van der Waals surface area contributed by atoms with Crippen molar-refractivity contribution in [3.63, 3.8) is 0 Å². The highest BCUT2D eigenvalue weighted by Crippen LogP contribution is 2.27. The van der Waals surface area contributed by atoms with Crippen molar-refractivity contribution < 1.29 is 23.1 Å². The molecule has 0 bridgehead atoms. The number of carbonyl (C=O) groups is 1. The molecule has 0 atom stereocenters. The number of carbonyl (C=O) groups excluding carboxylic acids is 1. The van der Waals surface area contributed by atoms with Crippen molar-refractivity contribution in [2.24, 2.45) is 5.10 Å². The predicted molar refractivity (Wildman–Crippen MR) is 137 cm³/mol. The van der Waals surface area contributed by atoms with E-state index in [4.69, 9.17) is 4.74 Å². The third-order valence-corrected chi connectivity index (χ3v) is 6.94. The van der Waals surface area contributed by atoms with Crippen LogP contribution in [-0.2, 0) is 14.8 Å². The maximum absolute atomic E-state index is 13.4. The Hall–Kier alpha value is -3.85. The molecule has 0 saturated heterocycles. The van der Waals surface area contributed by atoms with Gasteiger partial charge in [0.15, 0.2) is 11.5 Å². The number of nitrogens with zero attached hydrogens (tertiary/aromatic N) is 2. The number of sulfonamides is 1. The number of rotatable bonds is 10. The highest BCUT2D eigenvalue weighted by Gasteiger charge is 2.27. The van der Waals surface area contributed by atoms with Gasteiger partial charge in [-0.25, -0.2) is 13.8 Å².